The van der Waals surface area contributed by atoms with E-state index in [4.69, 9.17) is 0 Å². The van der Waals surface area contributed by atoms with Crippen molar-refractivity contribution < 1.29 is 4.39 Å². The van der Waals surface area contributed by atoms with Crippen LogP contribution in [0.25, 0.3) is 0 Å². The normalized spacial score (nSPS) is 10.6. The number of nitrogens with one attached hydrogen (secondary N) is 2. The molecule has 0 aliphatic heterocycles. The van der Waals surface area contributed by atoms with Crippen LogP contribution in [0.4, 0.5) is 4.39 Å². The third kappa shape index (κ3) is 2.90. The van der Waals surface area contributed by atoms with E-state index in [0.717, 1.165) is 10.3 Å². The molecule has 0 spiro atoms. The average Bonchev–Trinajstić information content (AvgIpc) is 2.74. The molecule has 1 aromatic carbocycles. The van der Waals surface area contributed by atoms with E-state index in [9.17, 15) is 4.39 Å². The van der Waals surface area contributed by atoms with Gasteiger partial charge in [-0.2, -0.15) is 0 Å². The summed E-state index contributed by atoms with van der Waals surface area (Å²) in [6.45, 7) is 1.09. The fourth-order valence-corrected chi connectivity index (χ4v) is 1.71. The quantitative estimate of drug-likeness (QED) is 0.906. The van der Waals surface area contributed by atoms with Crippen molar-refractivity contribution in [1.82, 2.24) is 15.3 Å². The predicted molar refractivity (Wildman–Crippen MR) is 63.2 cm³/mol. The molecule has 0 saturated carbocycles. The number of halogens is 2. The molecule has 0 aliphatic rings. The fourth-order valence-electron chi connectivity index (χ4n) is 1.38. The second kappa shape index (κ2) is 5.23. The molecule has 3 nitrogen and oxygen atoms in total. The largest absolute Gasteiger partial charge is 0.348 e. The molecule has 0 bridgehead atoms. The van der Waals surface area contributed by atoms with Gasteiger partial charge in [-0.05, 0) is 12.1 Å². The van der Waals surface area contributed by atoms with E-state index in [-0.39, 0.29) is 5.82 Å². The van der Waals surface area contributed by atoms with Crippen LogP contribution < -0.4 is 5.32 Å². The summed E-state index contributed by atoms with van der Waals surface area (Å²) in [4.78, 5) is 7.04. The molecule has 2 N–H and O–H groups in total. The van der Waals surface area contributed by atoms with Crippen LogP contribution >= 0.6 is 15.9 Å². The van der Waals surface area contributed by atoms with E-state index in [1.807, 2.05) is 6.07 Å². The first kappa shape index (κ1) is 11.3. The lowest BCUT2D eigenvalue weighted by molar-refractivity contribution is 0.583. The van der Waals surface area contributed by atoms with Crippen LogP contribution in [0.15, 0.2) is 35.1 Å². The third-order valence-corrected chi connectivity index (χ3v) is 2.67. The van der Waals surface area contributed by atoms with Gasteiger partial charge in [0.15, 0.2) is 0 Å². The predicted octanol–water partition coefficient (Wildman–Crippen LogP) is 2.60. The van der Waals surface area contributed by atoms with Crippen LogP contribution in [-0.4, -0.2) is 9.97 Å². The van der Waals surface area contributed by atoms with Crippen molar-refractivity contribution >= 4 is 15.9 Å². The number of rotatable bonds is 4. The highest BCUT2D eigenvalue weighted by Gasteiger charge is 2.02. The van der Waals surface area contributed by atoms with Gasteiger partial charge in [0.2, 0.25) is 0 Å². The van der Waals surface area contributed by atoms with Gasteiger partial charge in [-0.1, -0.05) is 22.0 Å². The van der Waals surface area contributed by atoms with Crippen molar-refractivity contribution in [3.05, 3.63) is 52.3 Å². The van der Waals surface area contributed by atoms with Crippen molar-refractivity contribution in [3.8, 4) is 0 Å². The van der Waals surface area contributed by atoms with E-state index in [1.54, 1.807) is 18.5 Å². The molecule has 0 aliphatic carbocycles. The fraction of sp³-hybridized carbons (Fsp3) is 0.182. The second-order valence-corrected chi connectivity index (χ2v) is 4.29. The SMILES string of the molecule is Fc1cc(Br)ccc1CNCc1ncc[nH]1. The molecule has 0 amide bonds. The maximum Gasteiger partial charge on any atom is 0.128 e. The Labute approximate surface area is 101 Å². The van der Waals surface area contributed by atoms with Crippen molar-refractivity contribution in [2.45, 2.75) is 13.1 Å². The van der Waals surface area contributed by atoms with Crippen LogP contribution in [0.3, 0.4) is 0 Å². The van der Waals surface area contributed by atoms with E-state index in [2.05, 4.69) is 31.2 Å². The third-order valence-electron chi connectivity index (χ3n) is 2.18. The molecule has 1 aromatic heterocycles. The minimum absolute atomic E-state index is 0.207. The van der Waals surface area contributed by atoms with Crippen LogP contribution in [0.5, 0.6) is 0 Å². The maximum atomic E-state index is 13.4. The summed E-state index contributed by atoms with van der Waals surface area (Å²) in [6, 6.07) is 5.05. The first-order valence-corrected chi connectivity index (χ1v) is 5.68. The van der Waals surface area contributed by atoms with Crippen molar-refractivity contribution in [1.29, 1.82) is 0 Å². The number of benzene rings is 1. The smallest absolute Gasteiger partial charge is 0.128 e. The van der Waals surface area contributed by atoms with Gasteiger partial charge in [-0.15, -0.1) is 0 Å². The molecule has 2 aromatic rings. The molecule has 0 atom stereocenters. The summed E-state index contributed by atoms with van der Waals surface area (Å²) in [5, 5.41) is 3.12. The van der Waals surface area contributed by atoms with Crippen molar-refractivity contribution in [2.75, 3.05) is 0 Å². The molecule has 1 heterocycles. The van der Waals surface area contributed by atoms with Crippen molar-refractivity contribution in [2.24, 2.45) is 0 Å². The Morgan fingerprint density at radius 2 is 2.25 bits per heavy atom. The highest BCUT2D eigenvalue weighted by atomic mass is 79.9. The van der Waals surface area contributed by atoms with E-state index in [0.29, 0.717) is 18.7 Å². The highest BCUT2D eigenvalue weighted by molar-refractivity contribution is 9.10. The van der Waals surface area contributed by atoms with Gasteiger partial charge < -0.3 is 10.3 Å². The van der Waals surface area contributed by atoms with Gasteiger partial charge >= 0.3 is 0 Å². The highest BCUT2D eigenvalue weighted by Crippen LogP contribution is 2.14. The minimum atomic E-state index is -0.207. The lowest BCUT2D eigenvalue weighted by atomic mass is 10.2. The molecule has 0 radical (unpaired) electrons. The maximum absolute atomic E-state index is 13.4. The number of hydrogen-bond acceptors (Lipinski definition) is 2. The van der Waals surface area contributed by atoms with E-state index < -0.39 is 0 Å². The van der Waals surface area contributed by atoms with Crippen LogP contribution in [0.2, 0.25) is 0 Å². The Morgan fingerprint density at radius 3 is 2.94 bits per heavy atom. The zero-order valence-electron chi connectivity index (χ0n) is 8.50. The number of nitrogens with zero attached hydrogens (tertiary/aromatic N) is 1. The summed E-state index contributed by atoms with van der Waals surface area (Å²) in [5.74, 6) is 0.638. The van der Waals surface area contributed by atoms with E-state index in [1.165, 1.54) is 6.07 Å². The number of aromatic amines is 1. The van der Waals surface area contributed by atoms with Gasteiger partial charge in [0.1, 0.15) is 11.6 Å². The first-order valence-electron chi connectivity index (χ1n) is 4.88. The average molecular weight is 284 g/mol. The van der Waals surface area contributed by atoms with Gasteiger partial charge in [0.25, 0.3) is 0 Å². The zero-order chi connectivity index (χ0) is 11.4. The Hall–Kier alpha value is -1.20. The Balaban J connectivity index is 1.90. The van der Waals surface area contributed by atoms with Crippen molar-refractivity contribution in [3.63, 3.8) is 0 Å². The number of H-pyrrole nitrogens is 1. The number of aromatic nitrogens is 2. The molecule has 5 heteroatoms. The monoisotopic (exact) mass is 283 g/mol. The van der Waals surface area contributed by atoms with Crippen LogP contribution in [0, 0.1) is 5.82 Å². The van der Waals surface area contributed by atoms with Gasteiger partial charge in [-0.25, -0.2) is 9.37 Å². The first-order chi connectivity index (χ1) is 7.75. The van der Waals surface area contributed by atoms with Crippen LogP contribution in [0.1, 0.15) is 11.4 Å². The van der Waals surface area contributed by atoms with Crippen LogP contribution in [-0.2, 0) is 13.1 Å². The zero-order valence-corrected chi connectivity index (χ0v) is 10.1. The Bertz CT molecular complexity index is 456. The summed E-state index contributed by atoms with van der Waals surface area (Å²) < 4.78 is 14.2. The van der Waals surface area contributed by atoms with Gasteiger partial charge in [0, 0.05) is 29.0 Å². The second-order valence-electron chi connectivity index (χ2n) is 3.38. The molecular formula is C11H11BrFN3. The molecule has 84 valence electrons. The summed E-state index contributed by atoms with van der Waals surface area (Å²) >= 11 is 3.22. The Morgan fingerprint density at radius 1 is 1.38 bits per heavy atom. The number of hydrogen-bond donors (Lipinski definition) is 2. The molecule has 0 fully saturated rings. The lowest BCUT2D eigenvalue weighted by Gasteiger charge is -2.04. The molecular weight excluding hydrogens is 273 g/mol. The summed E-state index contributed by atoms with van der Waals surface area (Å²) in [6.07, 6.45) is 3.45. The summed E-state index contributed by atoms with van der Waals surface area (Å²) in [7, 11) is 0. The van der Waals surface area contributed by atoms with Gasteiger partial charge in [-0.3, -0.25) is 0 Å². The lowest BCUT2D eigenvalue weighted by Crippen LogP contribution is -2.14. The molecule has 2 rings (SSSR count). The van der Waals surface area contributed by atoms with E-state index >= 15 is 0 Å². The molecule has 0 unspecified atom stereocenters. The molecule has 0 saturated heterocycles. The van der Waals surface area contributed by atoms with Gasteiger partial charge in [0.05, 0.1) is 6.54 Å². The topological polar surface area (TPSA) is 40.7 Å². The Kier molecular flexibility index (Phi) is 3.69. The molecule has 16 heavy (non-hydrogen) atoms. The standard InChI is InChI=1S/C11H11BrFN3/c12-9-2-1-8(10(13)5-9)6-14-7-11-15-3-4-16-11/h1-5,14H,6-7H2,(H,15,16). The number of imidazole rings is 1. The summed E-state index contributed by atoms with van der Waals surface area (Å²) in [5.41, 5.74) is 0.648. The minimum Gasteiger partial charge on any atom is -0.348 e.